The highest BCUT2D eigenvalue weighted by Gasteiger charge is 2.13. The minimum Gasteiger partial charge on any atom is -0.354 e. The number of nitrogens with zero attached hydrogens (tertiary/aromatic N) is 4. The summed E-state index contributed by atoms with van der Waals surface area (Å²) in [6.45, 7) is 0. The van der Waals surface area contributed by atoms with Gasteiger partial charge in [-0.25, -0.2) is 0 Å². The van der Waals surface area contributed by atoms with Crippen molar-refractivity contribution in [1.82, 2.24) is 19.3 Å². The van der Waals surface area contributed by atoms with E-state index in [0.29, 0.717) is 6.42 Å². The van der Waals surface area contributed by atoms with Crippen molar-refractivity contribution < 1.29 is 4.79 Å². The number of hydrogen-bond acceptors (Lipinski definition) is 4. The highest BCUT2D eigenvalue weighted by atomic mass is 79.9. The fourth-order valence-electron chi connectivity index (χ4n) is 2.33. The first-order chi connectivity index (χ1) is 12.0. The van der Waals surface area contributed by atoms with E-state index in [0.717, 1.165) is 21.1 Å². The van der Waals surface area contributed by atoms with Crippen LogP contribution in [0.2, 0.25) is 0 Å². The lowest BCUT2D eigenvalue weighted by Crippen LogP contribution is -2.14. The first-order valence-corrected chi connectivity index (χ1v) is 9.47. The van der Waals surface area contributed by atoms with Crippen molar-refractivity contribution in [3.05, 3.63) is 58.6 Å². The predicted molar refractivity (Wildman–Crippen MR) is 103 cm³/mol. The number of thioether (sulfide) groups is 1. The van der Waals surface area contributed by atoms with E-state index in [1.54, 1.807) is 0 Å². The molecule has 0 aliphatic heterocycles. The van der Waals surface area contributed by atoms with Crippen LogP contribution in [-0.2, 0) is 25.3 Å². The monoisotopic (exact) mass is 419 g/mol. The Hall–Kier alpha value is -2.06. The molecule has 3 aromatic rings. The van der Waals surface area contributed by atoms with Gasteiger partial charge in [0.2, 0.25) is 5.91 Å². The van der Waals surface area contributed by atoms with Crippen LogP contribution in [-0.4, -0.2) is 31.0 Å². The summed E-state index contributed by atoms with van der Waals surface area (Å²) in [5.41, 5.74) is 1.94. The number of carbonyl (C=O) groups is 1. The van der Waals surface area contributed by atoms with Crippen LogP contribution in [0.15, 0.2) is 52.2 Å². The summed E-state index contributed by atoms with van der Waals surface area (Å²) in [6.07, 6.45) is 2.71. The molecular weight excluding hydrogens is 402 g/mol. The van der Waals surface area contributed by atoms with Gasteiger partial charge in [0.15, 0.2) is 5.16 Å². The van der Waals surface area contributed by atoms with E-state index in [1.807, 2.05) is 55.2 Å². The van der Waals surface area contributed by atoms with Gasteiger partial charge in [-0.2, -0.15) is 0 Å². The van der Waals surface area contributed by atoms with E-state index < -0.39 is 0 Å². The van der Waals surface area contributed by atoms with E-state index in [2.05, 4.69) is 42.1 Å². The first kappa shape index (κ1) is 17.8. The van der Waals surface area contributed by atoms with Gasteiger partial charge in [-0.15, -0.1) is 10.2 Å². The van der Waals surface area contributed by atoms with Crippen LogP contribution >= 0.6 is 27.7 Å². The van der Waals surface area contributed by atoms with Crippen LogP contribution in [0.4, 0.5) is 5.69 Å². The minimum absolute atomic E-state index is 0.0701. The maximum atomic E-state index is 12.1. The van der Waals surface area contributed by atoms with E-state index >= 15 is 0 Å². The number of benzene rings is 1. The van der Waals surface area contributed by atoms with E-state index in [9.17, 15) is 4.79 Å². The average Bonchev–Trinajstić information content (AvgIpc) is 3.15. The molecule has 0 saturated carbocycles. The normalized spacial score (nSPS) is 10.8. The van der Waals surface area contributed by atoms with Gasteiger partial charge < -0.3 is 14.5 Å². The van der Waals surface area contributed by atoms with Crippen molar-refractivity contribution in [1.29, 1.82) is 0 Å². The molecule has 1 N–H and O–H groups in total. The van der Waals surface area contributed by atoms with Crippen LogP contribution in [0, 0.1) is 0 Å². The van der Waals surface area contributed by atoms with Crippen molar-refractivity contribution >= 4 is 39.3 Å². The highest BCUT2D eigenvalue weighted by molar-refractivity contribution is 9.10. The molecule has 0 spiro atoms. The molecule has 1 aromatic carbocycles. The summed E-state index contributed by atoms with van der Waals surface area (Å²) in [4.78, 5) is 12.1. The lowest BCUT2D eigenvalue weighted by molar-refractivity contribution is -0.113. The Labute approximate surface area is 158 Å². The first-order valence-electron chi connectivity index (χ1n) is 7.69. The van der Waals surface area contributed by atoms with Crippen molar-refractivity contribution in [3.8, 4) is 0 Å². The Morgan fingerprint density at radius 3 is 2.64 bits per heavy atom. The van der Waals surface area contributed by atoms with Gasteiger partial charge in [0, 0.05) is 42.6 Å². The Balaban J connectivity index is 1.57. The van der Waals surface area contributed by atoms with Gasteiger partial charge in [-0.1, -0.05) is 27.7 Å². The van der Waals surface area contributed by atoms with Crippen LogP contribution < -0.4 is 5.32 Å². The summed E-state index contributed by atoms with van der Waals surface area (Å²) in [6, 6.07) is 11.6. The molecule has 0 bridgehead atoms. The summed E-state index contributed by atoms with van der Waals surface area (Å²) in [5.74, 6) is 1.09. The number of anilines is 1. The Morgan fingerprint density at radius 1 is 1.20 bits per heavy atom. The third kappa shape index (κ3) is 4.52. The number of aromatic nitrogens is 4. The second-order valence-electron chi connectivity index (χ2n) is 5.59. The number of amides is 1. The molecule has 130 valence electrons. The quantitative estimate of drug-likeness (QED) is 0.622. The topological polar surface area (TPSA) is 64.7 Å². The largest absolute Gasteiger partial charge is 0.354 e. The maximum Gasteiger partial charge on any atom is 0.234 e. The molecule has 2 aromatic heterocycles. The molecule has 0 atom stereocenters. The second kappa shape index (κ2) is 7.88. The van der Waals surface area contributed by atoms with Crippen molar-refractivity contribution in [2.24, 2.45) is 14.1 Å². The van der Waals surface area contributed by atoms with Crippen LogP contribution in [0.1, 0.15) is 11.5 Å². The van der Waals surface area contributed by atoms with Crippen LogP contribution in [0.25, 0.3) is 0 Å². The lowest BCUT2D eigenvalue weighted by Gasteiger charge is -2.06. The number of hydrogen-bond donors (Lipinski definition) is 1. The Bertz CT molecular complexity index is 872. The summed E-state index contributed by atoms with van der Waals surface area (Å²) in [7, 11) is 3.93. The molecule has 1 amide bonds. The van der Waals surface area contributed by atoms with Crippen LogP contribution in [0.5, 0.6) is 0 Å². The predicted octanol–water partition coefficient (Wildman–Crippen LogP) is 3.24. The molecule has 0 unspecified atom stereocenters. The molecular formula is C17H18BrN5OS. The van der Waals surface area contributed by atoms with Gasteiger partial charge in [0.05, 0.1) is 5.75 Å². The molecule has 25 heavy (non-hydrogen) atoms. The molecule has 0 aliphatic carbocycles. The Kier molecular flexibility index (Phi) is 5.60. The molecule has 0 aliphatic rings. The zero-order chi connectivity index (χ0) is 17.8. The van der Waals surface area contributed by atoms with Crippen molar-refractivity contribution in [3.63, 3.8) is 0 Å². The summed E-state index contributed by atoms with van der Waals surface area (Å²) < 4.78 is 4.97. The fraction of sp³-hybridized carbons (Fsp3) is 0.235. The summed E-state index contributed by atoms with van der Waals surface area (Å²) >= 11 is 4.75. The van der Waals surface area contributed by atoms with Gasteiger partial charge in [-0.05, 0) is 36.4 Å². The molecule has 3 rings (SSSR count). The van der Waals surface area contributed by atoms with Gasteiger partial charge >= 0.3 is 0 Å². The third-order valence-corrected chi connectivity index (χ3v) is 5.32. The molecule has 0 saturated heterocycles. The molecule has 2 heterocycles. The van der Waals surface area contributed by atoms with Crippen molar-refractivity contribution in [2.45, 2.75) is 11.6 Å². The van der Waals surface area contributed by atoms with E-state index in [1.165, 1.54) is 17.5 Å². The van der Waals surface area contributed by atoms with Gasteiger partial charge in [0.25, 0.3) is 0 Å². The van der Waals surface area contributed by atoms with E-state index in [-0.39, 0.29) is 11.7 Å². The third-order valence-electron chi connectivity index (χ3n) is 3.78. The zero-order valence-corrected chi connectivity index (χ0v) is 16.3. The van der Waals surface area contributed by atoms with Gasteiger partial charge in [-0.3, -0.25) is 4.79 Å². The standard InChI is InChI=1S/C17H18BrN5OS/c1-22-9-3-4-14(22)10-15-20-21-17(23(15)2)25-11-16(24)19-13-7-5-12(18)6-8-13/h3-9H,10-11H2,1-2H3,(H,19,24). The zero-order valence-electron chi connectivity index (χ0n) is 13.9. The van der Waals surface area contributed by atoms with Crippen molar-refractivity contribution in [2.75, 3.05) is 11.1 Å². The fourth-order valence-corrected chi connectivity index (χ4v) is 3.32. The minimum atomic E-state index is -0.0701. The average molecular weight is 420 g/mol. The molecule has 6 nitrogen and oxygen atoms in total. The van der Waals surface area contributed by atoms with Crippen LogP contribution in [0.3, 0.4) is 0 Å². The number of carbonyl (C=O) groups excluding carboxylic acids is 1. The molecule has 0 fully saturated rings. The molecule has 8 heteroatoms. The van der Waals surface area contributed by atoms with Gasteiger partial charge in [0.1, 0.15) is 5.82 Å². The van der Waals surface area contributed by atoms with E-state index in [4.69, 9.17) is 0 Å². The second-order valence-corrected chi connectivity index (χ2v) is 7.45. The highest BCUT2D eigenvalue weighted by Crippen LogP contribution is 2.19. The number of halogens is 1. The molecule has 0 radical (unpaired) electrons. The summed E-state index contributed by atoms with van der Waals surface area (Å²) in [5, 5.41) is 12.0. The SMILES string of the molecule is Cn1cccc1Cc1nnc(SCC(=O)Nc2ccc(Br)cc2)n1C. The number of rotatable bonds is 6. The number of nitrogens with one attached hydrogen (secondary N) is 1. The smallest absolute Gasteiger partial charge is 0.234 e. The maximum absolute atomic E-state index is 12.1. The lowest BCUT2D eigenvalue weighted by atomic mass is 10.3. The number of aryl methyl sites for hydroxylation is 1. The Morgan fingerprint density at radius 2 is 1.96 bits per heavy atom.